The molecule has 0 atom stereocenters. The second kappa shape index (κ2) is 10.4. The highest BCUT2D eigenvalue weighted by molar-refractivity contribution is 7.99. The fourth-order valence-electron chi connectivity index (χ4n) is 3.14. The van der Waals surface area contributed by atoms with Crippen molar-refractivity contribution in [1.29, 1.82) is 0 Å². The first-order valence-electron chi connectivity index (χ1n) is 10.2. The molecule has 3 rings (SSSR count). The van der Waals surface area contributed by atoms with Crippen molar-refractivity contribution in [2.45, 2.75) is 38.4 Å². The Balaban J connectivity index is 1.65. The van der Waals surface area contributed by atoms with E-state index in [4.69, 9.17) is 4.74 Å². The van der Waals surface area contributed by atoms with Gasteiger partial charge in [0, 0.05) is 18.8 Å². The van der Waals surface area contributed by atoms with Crippen LogP contribution in [0.4, 0.5) is 4.39 Å². The largest absolute Gasteiger partial charge is 0.494 e. The fraction of sp³-hybridized carbons (Fsp3) is 0.348. The van der Waals surface area contributed by atoms with E-state index in [1.807, 2.05) is 23.6 Å². The maximum atomic E-state index is 14.0. The van der Waals surface area contributed by atoms with Gasteiger partial charge in [-0.1, -0.05) is 43.8 Å². The number of benzene rings is 2. The molecular weight excluding hydrogens is 415 g/mol. The lowest BCUT2D eigenvalue weighted by atomic mass is 10.0. The second-order valence-corrected chi connectivity index (χ2v) is 8.34. The predicted octanol–water partition coefficient (Wildman–Crippen LogP) is 4.68. The van der Waals surface area contributed by atoms with Gasteiger partial charge in [-0.2, -0.15) is 0 Å². The van der Waals surface area contributed by atoms with Gasteiger partial charge in [-0.15, -0.1) is 10.2 Å². The van der Waals surface area contributed by atoms with Crippen LogP contribution in [0.25, 0.3) is 5.69 Å². The van der Waals surface area contributed by atoms with Gasteiger partial charge in [-0.25, -0.2) is 4.39 Å². The summed E-state index contributed by atoms with van der Waals surface area (Å²) in [4.78, 5) is 14.5. The van der Waals surface area contributed by atoms with Crippen LogP contribution in [0.3, 0.4) is 0 Å². The third kappa shape index (κ3) is 5.64. The van der Waals surface area contributed by atoms with Gasteiger partial charge in [-0.3, -0.25) is 9.36 Å². The van der Waals surface area contributed by atoms with Crippen molar-refractivity contribution in [3.63, 3.8) is 0 Å². The van der Waals surface area contributed by atoms with E-state index in [1.165, 1.54) is 30.5 Å². The molecule has 3 aromatic rings. The van der Waals surface area contributed by atoms with Crippen LogP contribution in [0, 0.1) is 5.82 Å². The number of carbonyl (C=O) groups is 1. The van der Waals surface area contributed by atoms with Gasteiger partial charge in [-0.05, 0) is 48.2 Å². The van der Waals surface area contributed by atoms with Gasteiger partial charge < -0.3 is 9.64 Å². The van der Waals surface area contributed by atoms with Gasteiger partial charge in [0.1, 0.15) is 6.33 Å². The average molecular weight is 443 g/mol. The zero-order valence-electron chi connectivity index (χ0n) is 18.2. The summed E-state index contributed by atoms with van der Waals surface area (Å²) in [6.07, 6.45) is 1.65. The maximum Gasteiger partial charge on any atom is 0.233 e. The zero-order valence-corrected chi connectivity index (χ0v) is 19.0. The fourth-order valence-corrected chi connectivity index (χ4v) is 3.97. The van der Waals surface area contributed by atoms with Crippen LogP contribution < -0.4 is 4.74 Å². The number of thioether (sulfide) groups is 1. The van der Waals surface area contributed by atoms with Crippen LogP contribution >= 0.6 is 11.8 Å². The molecule has 0 spiro atoms. The molecule has 0 N–H and O–H groups in total. The first kappa shape index (κ1) is 22.8. The average Bonchev–Trinajstić information content (AvgIpc) is 3.24. The summed E-state index contributed by atoms with van der Waals surface area (Å²) in [6, 6.07) is 13.0. The van der Waals surface area contributed by atoms with E-state index in [2.05, 4.69) is 36.2 Å². The van der Waals surface area contributed by atoms with Crippen LogP contribution in [0.5, 0.6) is 5.75 Å². The molecule has 0 aliphatic heterocycles. The van der Waals surface area contributed by atoms with Crippen LogP contribution in [0.15, 0.2) is 53.9 Å². The summed E-state index contributed by atoms with van der Waals surface area (Å²) in [7, 11) is 1.43. The Morgan fingerprint density at radius 1 is 1.23 bits per heavy atom. The summed E-state index contributed by atoms with van der Waals surface area (Å²) >= 11 is 1.33. The number of rotatable bonds is 9. The molecule has 0 saturated carbocycles. The first-order chi connectivity index (χ1) is 14.9. The number of halogens is 1. The number of carbonyl (C=O) groups excluding carboxylic acids is 1. The molecule has 1 amide bonds. The van der Waals surface area contributed by atoms with Crippen molar-refractivity contribution in [2.75, 3.05) is 19.4 Å². The van der Waals surface area contributed by atoms with E-state index in [1.54, 1.807) is 23.4 Å². The molecule has 0 saturated heterocycles. The monoisotopic (exact) mass is 442 g/mol. The summed E-state index contributed by atoms with van der Waals surface area (Å²) in [5.41, 5.74) is 2.92. The highest BCUT2D eigenvalue weighted by Crippen LogP contribution is 2.23. The van der Waals surface area contributed by atoms with Gasteiger partial charge in [0.15, 0.2) is 16.7 Å². The number of nitrogens with zero attached hydrogens (tertiary/aromatic N) is 4. The Morgan fingerprint density at radius 3 is 2.58 bits per heavy atom. The van der Waals surface area contributed by atoms with E-state index in [-0.39, 0.29) is 17.4 Å². The lowest BCUT2D eigenvalue weighted by Gasteiger charge is -2.21. The molecule has 31 heavy (non-hydrogen) atoms. The van der Waals surface area contributed by atoms with E-state index in [0.717, 1.165) is 5.69 Å². The van der Waals surface area contributed by atoms with Gasteiger partial charge in [0.05, 0.1) is 12.9 Å². The molecule has 0 fully saturated rings. The van der Waals surface area contributed by atoms with E-state index in [9.17, 15) is 9.18 Å². The Kier molecular flexibility index (Phi) is 7.68. The summed E-state index contributed by atoms with van der Waals surface area (Å²) in [6.45, 7) is 7.07. The highest BCUT2D eigenvalue weighted by atomic mass is 32.2. The Labute approximate surface area is 186 Å². The van der Waals surface area contributed by atoms with Gasteiger partial charge in [0.25, 0.3) is 0 Å². The smallest absolute Gasteiger partial charge is 0.233 e. The molecule has 164 valence electrons. The van der Waals surface area contributed by atoms with Gasteiger partial charge in [0.2, 0.25) is 5.91 Å². The lowest BCUT2D eigenvalue weighted by molar-refractivity contribution is -0.128. The van der Waals surface area contributed by atoms with Crippen molar-refractivity contribution in [3.05, 3.63) is 65.7 Å². The number of methoxy groups -OCH3 is 1. The molecular formula is C23H27FN4O2S. The summed E-state index contributed by atoms with van der Waals surface area (Å²) < 4.78 is 20.8. The predicted molar refractivity (Wildman–Crippen MR) is 120 cm³/mol. The van der Waals surface area contributed by atoms with Crippen molar-refractivity contribution in [2.24, 2.45) is 0 Å². The van der Waals surface area contributed by atoms with E-state index in [0.29, 0.717) is 29.7 Å². The molecule has 1 aromatic heterocycles. The molecule has 6 nitrogen and oxygen atoms in total. The quantitative estimate of drug-likeness (QED) is 0.451. The molecule has 0 unspecified atom stereocenters. The molecule has 0 bridgehead atoms. The number of ether oxygens (including phenoxy) is 1. The third-order valence-corrected chi connectivity index (χ3v) is 5.93. The van der Waals surface area contributed by atoms with Crippen LogP contribution in [0.2, 0.25) is 0 Å². The lowest BCUT2D eigenvalue weighted by Crippen LogP contribution is -2.31. The van der Waals surface area contributed by atoms with E-state index >= 15 is 0 Å². The van der Waals surface area contributed by atoms with Crippen molar-refractivity contribution >= 4 is 17.7 Å². The third-order valence-electron chi connectivity index (χ3n) is 5.00. The second-order valence-electron chi connectivity index (χ2n) is 7.40. The van der Waals surface area contributed by atoms with Crippen molar-refractivity contribution in [1.82, 2.24) is 19.7 Å². The van der Waals surface area contributed by atoms with Crippen LogP contribution in [-0.4, -0.2) is 45.0 Å². The normalized spacial score (nSPS) is 11.0. The standard InChI is InChI=1S/C23H27FN4O2S/c1-5-27(13-17-6-11-21(30-4)20(24)12-17)22(29)14-31-23-26-25-15-28(23)19-9-7-18(8-10-19)16(2)3/h6-12,15-16H,5,13-14H2,1-4H3. The molecule has 8 heteroatoms. The van der Waals surface area contributed by atoms with Crippen molar-refractivity contribution in [3.8, 4) is 11.4 Å². The molecule has 2 aromatic carbocycles. The minimum Gasteiger partial charge on any atom is -0.494 e. The Morgan fingerprint density at radius 2 is 1.97 bits per heavy atom. The Bertz CT molecular complexity index is 1020. The molecule has 0 aliphatic rings. The van der Waals surface area contributed by atoms with Gasteiger partial charge >= 0.3 is 0 Å². The van der Waals surface area contributed by atoms with Crippen LogP contribution in [0.1, 0.15) is 37.8 Å². The minimum absolute atomic E-state index is 0.0477. The number of hydrogen-bond donors (Lipinski definition) is 0. The number of hydrogen-bond acceptors (Lipinski definition) is 5. The zero-order chi connectivity index (χ0) is 22.4. The maximum absolute atomic E-state index is 14.0. The minimum atomic E-state index is -0.436. The SMILES string of the molecule is CCN(Cc1ccc(OC)c(F)c1)C(=O)CSc1nncn1-c1ccc(C(C)C)cc1. The number of aromatic nitrogens is 3. The van der Waals surface area contributed by atoms with Crippen LogP contribution in [-0.2, 0) is 11.3 Å². The number of amides is 1. The first-order valence-corrected chi connectivity index (χ1v) is 11.1. The van der Waals surface area contributed by atoms with Crippen molar-refractivity contribution < 1.29 is 13.9 Å². The molecule has 0 aliphatic carbocycles. The molecule has 1 heterocycles. The highest BCUT2D eigenvalue weighted by Gasteiger charge is 2.16. The van der Waals surface area contributed by atoms with E-state index < -0.39 is 5.82 Å². The summed E-state index contributed by atoms with van der Waals surface area (Å²) in [5.74, 6) is 0.382. The topological polar surface area (TPSA) is 60.2 Å². The Hall–Kier alpha value is -2.87. The molecule has 0 radical (unpaired) electrons. The summed E-state index contributed by atoms with van der Waals surface area (Å²) in [5, 5.41) is 8.82.